The van der Waals surface area contributed by atoms with Gasteiger partial charge < -0.3 is 5.32 Å². The van der Waals surface area contributed by atoms with Gasteiger partial charge in [-0.25, -0.2) is 8.42 Å². The standard InChI is InChI=1S/C21H25ClN2O3S/c1-16(17-8-3-2-4-9-17)24(15-21(25)23-19-11-5-6-12-19)28(26,27)20-13-7-10-18(22)14-20/h2-4,7-10,13-14,16,19H,5-6,11-12,15H2,1H3,(H,23,25)/t16-/m0/s1. The van der Waals surface area contributed by atoms with Crippen molar-refractivity contribution in [2.75, 3.05) is 6.54 Å². The number of amides is 1. The van der Waals surface area contributed by atoms with Gasteiger partial charge in [0, 0.05) is 17.1 Å². The molecular formula is C21H25ClN2O3S. The molecule has 150 valence electrons. The monoisotopic (exact) mass is 420 g/mol. The molecule has 3 rings (SSSR count). The van der Waals surface area contributed by atoms with Gasteiger partial charge in [-0.3, -0.25) is 4.79 Å². The number of nitrogens with zero attached hydrogens (tertiary/aromatic N) is 1. The third-order valence-electron chi connectivity index (χ3n) is 5.14. The van der Waals surface area contributed by atoms with E-state index in [4.69, 9.17) is 11.6 Å². The summed E-state index contributed by atoms with van der Waals surface area (Å²) in [6, 6.07) is 15.1. The van der Waals surface area contributed by atoms with Crippen molar-refractivity contribution in [3.8, 4) is 0 Å². The number of halogens is 1. The average Bonchev–Trinajstić information content (AvgIpc) is 3.19. The minimum atomic E-state index is -3.91. The van der Waals surface area contributed by atoms with Crippen LogP contribution in [-0.4, -0.2) is 31.2 Å². The summed E-state index contributed by atoms with van der Waals surface area (Å²) >= 11 is 6.01. The summed E-state index contributed by atoms with van der Waals surface area (Å²) in [5.41, 5.74) is 0.821. The highest BCUT2D eigenvalue weighted by atomic mass is 35.5. The lowest BCUT2D eigenvalue weighted by Crippen LogP contribution is -2.44. The summed E-state index contributed by atoms with van der Waals surface area (Å²) in [6.45, 7) is 1.56. The molecule has 2 aromatic carbocycles. The van der Waals surface area contributed by atoms with Crippen LogP contribution in [0.4, 0.5) is 0 Å². The predicted molar refractivity (Wildman–Crippen MR) is 111 cm³/mol. The highest BCUT2D eigenvalue weighted by molar-refractivity contribution is 7.89. The smallest absolute Gasteiger partial charge is 0.244 e. The van der Waals surface area contributed by atoms with E-state index < -0.39 is 16.1 Å². The number of sulfonamides is 1. The van der Waals surface area contributed by atoms with Crippen LogP contribution in [0.2, 0.25) is 5.02 Å². The first kappa shape index (κ1) is 20.8. The van der Waals surface area contributed by atoms with Gasteiger partial charge in [0.1, 0.15) is 0 Å². The van der Waals surface area contributed by atoms with Crippen molar-refractivity contribution < 1.29 is 13.2 Å². The molecule has 0 saturated heterocycles. The molecule has 1 aliphatic carbocycles. The maximum absolute atomic E-state index is 13.4. The fourth-order valence-corrected chi connectivity index (χ4v) is 5.45. The number of benzene rings is 2. The minimum Gasteiger partial charge on any atom is -0.352 e. The fourth-order valence-electron chi connectivity index (χ4n) is 3.58. The van der Waals surface area contributed by atoms with E-state index >= 15 is 0 Å². The van der Waals surface area contributed by atoms with Crippen LogP contribution in [0.3, 0.4) is 0 Å². The Kier molecular flexibility index (Phi) is 6.75. The molecule has 1 saturated carbocycles. The first-order chi connectivity index (χ1) is 13.4. The molecule has 0 aromatic heterocycles. The third-order valence-corrected chi connectivity index (χ3v) is 7.28. The van der Waals surface area contributed by atoms with Crippen LogP contribution in [-0.2, 0) is 14.8 Å². The van der Waals surface area contributed by atoms with E-state index in [9.17, 15) is 13.2 Å². The van der Waals surface area contributed by atoms with Crippen molar-refractivity contribution >= 4 is 27.5 Å². The lowest BCUT2D eigenvalue weighted by molar-refractivity contribution is -0.122. The molecule has 5 nitrogen and oxygen atoms in total. The van der Waals surface area contributed by atoms with Crippen LogP contribution in [0.1, 0.15) is 44.2 Å². The number of carbonyl (C=O) groups is 1. The van der Waals surface area contributed by atoms with Crippen molar-refractivity contribution in [1.82, 2.24) is 9.62 Å². The van der Waals surface area contributed by atoms with Gasteiger partial charge in [0.25, 0.3) is 0 Å². The molecule has 1 aliphatic rings. The Balaban J connectivity index is 1.90. The molecule has 28 heavy (non-hydrogen) atoms. The van der Waals surface area contributed by atoms with Gasteiger partial charge >= 0.3 is 0 Å². The van der Waals surface area contributed by atoms with Crippen molar-refractivity contribution in [2.24, 2.45) is 0 Å². The first-order valence-electron chi connectivity index (χ1n) is 9.49. The second-order valence-electron chi connectivity index (χ2n) is 7.14. The third kappa shape index (κ3) is 4.93. The topological polar surface area (TPSA) is 66.5 Å². The number of rotatable bonds is 7. The normalized spacial score (nSPS) is 16.2. The molecule has 2 aromatic rings. The Bertz CT molecular complexity index is 912. The van der Waals surface area contributed by atoms with Gasteiger partial charge in [0.15, 0.2) is 0 Å². The molecular weight excluding hydrogens is 396 g/mol. The van der Waals surface area contributed by atoms with Gasteiger partial charge in [-0.1, -0.05) is 60.8 Å². The van der Waals surface area contributed by atoms with E-state index in [0.717, 1.165) is 31.2 Å². The van der Waals surface area contributed by atoms with Crippen LogP contribution >= 0.6 is 11.6 Å². The molecule has 1 fully saturated rings. The molecule has 1 N–H and O–H groups in total. The van der Waals surface area contributed by atoms with Gasteiger partial charge in [-0.2, -0.15) is 4.31 Å². The molecule has 0 heterocycles. The summed E-state index contributed by atoms with van der Waals surface area (Å²) in [6.07, 6.45) is 4.08. The summed E-state index contributed by atoms with van der Waals surface area (Å²) in [7, 11) is -3.91. The molecule has 0 spiro atoms. The summed E-state index contributed by atoms with van der Waals surface area (Å²) in [5.74, 6) is -0.278. The molecule has 7 heteroatoms. The summed E-state index contributed by atoms with van der Waals surface area (Å²) < 4.78 is 28.0. The molecule has 0 bridgehead atoms. The highest BCUT2D eigenvalue weighted by Crippen LogP contribution is 2.28. The van der Waals surface area contributed by atoms with E-state index in [0.29, 0.717) is 5.02 Å². The molecule has 1 amide bonds. The second-order valence-corrected chi connectivity index (χ2v) is 9.47. The maximum Gasteiger partial charge on any atom is 0.244 e. The van der Waals surface area contributed by atoms with Gasteiger partial charge in [-0.15, -0.1) is 0 Å². The number of carbonyl (C=O) groups excluding carboxylic acids is 1. The number of hydrogen-bond acceptors (Lipinski definition) is 3. The molecule has 1 atom stereocenters. The fraction of sp³-hybridized carbons (Fsp3) is 0.381. The zero-order valence-corrected chi connectivity index (χ0v) is 17.4. The van der Waals surface area contributed by atoms with Crippen molar-refractivity contribution in [3.63, 3.8) is 0 Å². The highest BCUT2D eigenvalue weighted by Gasteiger charge is 2.32. The lowest BCUT2D eigenvalue weighted by atomic mass is 10.1. The van der Waals surface area contributed by atoms with Gasteiger partial charge in [0.2, 0.25) is 15.9 Å². The van der Waals surface area contributed by atoms with Crippen LogP contribution in [0.5, 0.6) is 0 Å². The Labute approximate surface area is 171 Å². The maximum atomic E-state index is 13.4. The van der Waals surface area contributed by atoms with Gasteiger partial charge in [0.05, 0.1) is 11.4 Å². The average molecular weight is 421 g/mol. The van der Waals surface area contributed by atoms with Crippen LogP contribution in [0.25, 0.3) is 0 Å². The first-order valence-corrected chi connectivity index (χ1v) is 11.3. The Hall–Kier alpha value is -1.89. The SMILES string of the molecule is C[C@@H](c1ccccc1)N(CC(=O)NC1CCCC1)S(=O)(=O)c1cccc(Cl)c1. The second kappa shape index (κ2) is 9.07. The van der Waals surface area contributed by atoms with Crippen LogP contribution < -0.4 is 5.32 Å². The van der Waals surface area contributed by atoms with E-state index in [-0.39, 0.29) is 23.4 Å². The molecule has 0 unspecified atom stereocenters. The Morgan fingerprint density at radius 1 is 1.14 bits per heavy atom. The largest absolute Gasteiger partial charge is 0.352 e. The van der Waals surface area contributed by atoms with E-state index in [1.54, 1.807) is 19.1 Å². The Morgan fingerprint density at radius 3 is 2.46 bits per heavy atom. The zero-order valence-electron chi connectivity index (χ0n) is 15.8. The van der Waals surface area contributed by atoms with Crippen molar-refractivity contribution in [1.29, 1.82) is 0 Å². The van der Waals surface area contributed by atoms with E-state index in [2.05, 4.69) is 5.32 Å². The Morgan fingerprint density at radius 2 is 1.82 bits per heavy atom. The predicted octanol–water partition coefficient (Wildman–Crippen LogP) is 4.15. The summed E-state index contributed by atoms with van der Waals surface area (Å²) in [4.78, 5) is 12.7. The lowest BCUT2D eigenvalue weighted by Gasteiger charge is -2.29. The molecule has 0 aliphatic heterocycles. The molecule has 0 radical (unpaired) electrons. The van der Waals surface area contributed by atoms with Crippen molar-refractivity contribution in [3.05, 3.63) is 65.2 Å². The van der Waals surface area contributed by atoms with Crippen LogP contribution in [0.15, 0.2) is 59.5 Å². The van der Waals surface area contributed by atoms with Gasteiger partial charge in [-0.05, 0) is 43.5 Å². The minimum absolute atomic E-state index is 0.0800. The quantitative estimate of drug-likeness (QED) is 0.731. The zero-order chi connectivity index (χ0) is 20.1. The van der Waals surface area contributed by atoms with Crippen molar-refractivity contribution in [2.45, 2.75) is 49.6 Å². The van der Waals surface area contributed by atoms with E-state index in [1.807, 2.05) is 30.3 Å². The van der Waals surface area contributed by atoms with Crippen LogP contribution in [0, 0.1) is 0 Å². The number of nitrogens with one attached hydrogen (secondary N) is 1. The van der Waals surface area contributed by atoms with E-state index in [1.165, 1.54) is 16.4 Å². The number of hydrogen-bond donors (Lipinski definition) is 1. The summed E-state index contributed by atoms with van der Waals surface area (Å²) in [5, 5.41) is 3.32.